The van der Waals surface area contributed by atoms with E-state index in [0.29, 0.717) is 11.6 Å². The average molecular weight is 387 g/mol. The zero-order valence-corrected chi connectivity index (χ0v) is 16.4. The number of hydrogen-bond acceptors (Lipinski definition) is 5. The Morgan fingerprint density at radius 2 is 2.04 bits per heavy atom. The molecule has 26 heavy (non-hydrogen) atoms. The molecule has 0 bridgehead atoms. The van der Waals surface area contributed by atoms with E-state index in [2.05, 4.69) is 28.7 Å². The minimum atomic E-state index is 0.0192. The summed E-state index contributed by atoms with van der Waals surface area (Å²) in [5.74, 6) is 0.885. The largest absolute Gasteiger partial charge is 0.494 e. The number of anilines is 1. The number of aryl methyl sites for hydroxylation is 1. The van der Waals surface area contributed by atoms with E-state index in [-0.39, 0.29) is 5.91 Å². The van der Waals surface area contributed by atoms with E-state index in [0.717, 1.165) is 42.9 Å². The molecule has 0 atom stereocenters. The number of nitrogens with one attached hydrogen (secondary N) is 1. The van der Waals surface area contributed by atoms with Crippen LogP contribution in [0.4, 0.5) is 5.13 Å². The van der Waals surface area contributed by atoms with Gasteiger partial charge in [0.1, 0.15) is 5.75 Å². The standard InChI is InChI=1S/C20H22N2O2S2/c1-2-12-24-16-10-8-15(9-11-16)18-14-26-20(21-18)22-19(23)7-3-5-17-6-4-13-25-17/h4,6,8-11,13-14H,2-3,5,7,12H2,1H3,(H,21,22,23). The van der Waals surface area contributed by atoms with Crippen molar-refractivity contribution >= 4 is 33.7 Å². The van der Waals surface area contributed by atoms with Crippen molar-refractivity contribution < 1.29 is 9.53 Å². The monoisotopic (exact) mass is 386 g/mol. The molecule has 1 aromatic carbocycles. The SMILES string of the molecule is CCCOc1ccc(-c2csc(NC(=O)CCCc3cccs3)n2)cc1. The van der Waals surface area contributed by atoms with Gasteiger partial charge in [-0.15, -0.1) is 22.7 Å². The number of carbonyl (C=O) groups is 1. The molecule has 2 aromatic heterocycles. The van der Waals surface area contributed by atoms with Gasteiger partial charge in [0.25, 0.3) is 0 Å². The summed E-state index contributed by atoms with van der Waals surface area (Å²) in [6.45, 7) is 2.81. The van der Waals surface area contributed by atoms with Crippen molar-refractivity contribution in [2.24, 2.45) is 0 Å². The van der Waals surface area contributed by atoms with Crippen LogP contribution in [0, 0.1) is 0 Å². The third kappa shape index (κ3) is 5.41. The van der Waals surface area contributed by atoms with Crippen LogP contribution < -0.4 is 10.1 Å². The second kappa shape index (κ2) is 9.50. The molecule has 0 saturated carbocycles. The van der Waals surface area contributed by atoms with Crippen molar-refractivity contribution in [3.8, 4) is 17.0 Å². The molecule has 0 radical (unpaired) electrons. The summed E-state index contributed by atoms with van der Waals surface area (Å²) in [4.78, 5) is 17.9. The molecule has 0 aliphatic carbocycles. The van der Waals surface area contributed by atoms with Crippen LogP contribution >= 0.6 is 22.7 Å². The topological polar surface area (TPSA) is 51.2 Å². The quantitative estimate of drug-likeness (QED) is 0.519. The van der Waals surface area contributed by atoms with Gasteiger partial charge in [0.05, 0.1) is 12.3 Å². The van der Waals surface area contributed by atoms with Gasteiger partial charge in [-0.3, -0.25) is 4.79 Å². The average Bonchev–Trinajstić information content (AvgIpc) is 3.32. The Kier molecular flexibility index (Phi) is 6.80. The van der Waals surface area contributed by atoms with Crippen LogP contribution in [0.2, 0.25) is 0 Å². The highest BCUT2D eigenvalue weighted by Crippen LogP contribution is 2.26. The predicted molar refractivity (Wildman–Crippen MR) is 109 cm³/mol. The van der Waals surface area contributed by atoms with E-state index in [9.17, 15) is 4.79 Å². The molecule has 3 rings (SSSR count). The normalized spacial score (nSPS) is 10.7. The fourth-order valence-corrected chi connectivity index (χ4v) is 3.95. The molecular weight excluding hydrogens is 364 g/mol. The first-order chi connectivity index (χ1) is 12.7. The fourth-order valence-electron chi connectivity index (χ4n) is 2.47. The second-order valence-electron chi connectivity index (χ2n) is 5.89. The zero-order chi connectivity index (χ0) is 18.2. The van der Waals surface area contributed by atoms with Gasteiger partial charge in [0, 0.05) is 22.2 Å². The fraction of sp³-hybridized carbons (Fsp3) is 0.300. The number of thiophene rings is 1. The molecule has 4 nitrogen and oxygen atoms in total. The Morgan fingerprint density at radius 1 is 1.19 bits per heavy atom. The van der Waals surface area contributed by atoms with E-state index < -0.39 is 0 Å². The van der Waals surface area contributed by atoms with Crippen LogP contribution in [-0.2, 0) is 11.2 Å². The van der Waals surface area contributed by atoms with Gasteiger partial charge < -0.3 is 10.1 Å². The third-order valence-corrected chi connectivity index (χ3v) is 5.47. The number of amides is 1. The van der Waals surface area contributed by atoms with E-state index >= 15 is 0 Å². The number of rotatable bonds is 9. The van der Waals surface area contributed by atoms with Crippen LogP contribution in [-0.4, -0.2) is 17.5 Å². The lowest BCUT2D eigenvalue weighted by Gasteiger charge is -2.04. The van der Waals surface area contributed by atoms with Crippen LogP contribution in [0.1, 0.15) is 31.1 Å². The van der Waals surface area contributed by atoms with E-state index in [1.54, 1.807) is 11.3 Å². The molecule has 0 unspecified atom stereocenters. The minimum absolute atomic E-state index is 0.0192. The predicted octanol–water partition coefficient (Wildman–Crippen LogP) is 5.62. The minimum Gasteiger partial charge on any atom is -0.494 e. The van der Waals surface area contributed by atoms with Gasteiger partial charge in [0.15, 0.2) is 5.13 Å². The Morgan fingerprint density at radius 3 is 2.77 bits per heavy atom. The number of carbonyl (C=O) groups excluding carboxylic acids is 1. The van der Waals surface area contributed by atoms with Gasteiger partial charge in [-0.25, -0.2) is 4.98 Å². The first-order valence-corrected chi connectivity index (χ1v) is 10.5. The molecule has 0 aliphatic rings. The summed E-state index contributed by atoms with van der Waals surface area (Å²) < 4.78 is 5.59. The second-order valence-corrected chi connectivity index (χ2v) is 7.78. The highest BCUT2D eigenvalue weighted by molar-refractivity contribution is 7.14. The van der Waals surface area contributed by atoms with Crippen molar-refractivity contribution in [2.75, 3.05) is 11.9 Å². The molecule has 2 heterocycles. The van der Waals surface area contributed by atoms with Crippen LogP contribution in [0.25, 0.3) is 11.3 Å². The number of hydrogen-bond donors (Lipinski definition) is 1. The maximum Gasteiger partial charge on any atom is 0.226 e. The summed E-state index contributed by atoms with van der Waals surface area (Å²) in [5, 5.41) is 7.57. The van der Waals surface area contributed by atoms with E-state index in [1.165, 1.54) is 16.2 Å². The van der Waals surface area contributed by atoms with Gasteiger partial charge in [-0.2, -0.15) is 0 Å². The van der Waals surface area contributed by atoms with Crippen molar-refractivity contribution in [1.82, 2.24) is 4.98 Å². The maximum absolute atomic E-state index is 12.1. The first kappa shape index (κ1) is 18.6. The van der Waals surface area contributed by atoms with Crippen LogP contribution in [0.5, 0.6) is 5.75 Å². The number of benzene rings is 1. The summed E-state index contributed by atoms with van der Waals surface area (Å²) in [6.07, 6.45) is 3.30. The molecule has 0 saturated heterocycles. The lowest BCUT2D eigenvalue weighted by molar-refractivity contribution is -0.116. The van der Waals surface area contributed by atoms with E-state index in [1.807, 2.05) is 35.7 Å². The van der Waals surface area contributed by atoms with Gasteiger partial charge in [-0.1, -0.05) is 13.0 Å². The third-order valence-electron chi connectivity index (χ3n) is 3.78. The zero-order valence-electron chi connectivity index (χ0n) is 14.7. The van der Waals surface area contributed by atoms with Crippen molar-refractivity contribution in [3.05, 3.63) is 52.0 Å². The van der Waals surface area contributed by atoms with Gasteiger partial charge in [-0.05, 0) is 55.0 Å². The molecule has 1 N–H and O–H groups in total. The summed E-state index contributed by atoms with van der Waals surface area (Å²) in [6, 6.07) is 12.0. The summed E-state index contributed by atoms with van der Waals surface area (Å²) in [5.41, 5.74) is 1.88. The summed E-state index contributed by atoms with van der Waals surface area (Å²) >= 11 is 3.18. The molecule has 1 amide bonds. The molecule has 0 aliphatic heterocycles. The van der Waals surface area contributed by atoms with Crippen molar-refractivity contribution in [2.45, 2.75) is 32.6 Å². The molecule has 0 fully saturated rings. The lowest BCUT2D eigenvalue weighted by Crippen LogP contribution is -2.11. The highest BCUT2D eigenvalue weighted by Gasteiger charge is 2.08. The van der Waals surface area contributed by atoms with Crippen molar-refractivity contribution in [1.29, 1.82) is 0 Å². The number of thiazole rings is 1. The maximum atomic E-state index is 12.1. The van der Waals surface area contributed by atoms with E-state index in [4.69, 9.17) is 4.74 Å². The molecule has 6 heteroatoms. The van der Waals surface area contributed by atoms with Crippen LogP contribution in [0.15, 0.2) is 47.2 Å². The summed E-state index contributed by atoms with van der Waals surface area (Å²) in [7, 11) is 0. The van der Waals surface area contributed by atoms with Crippen molar-refractivity contribution in [3.63, 3.8) is 0 Å². The molecule has 0 spiro atoms. The Labute approximate surface area is 161 Å². The number of aromatic nitrogens is 1. The smallest absolute Gasteiger partial charge is 0.226 e. The first-order valence-electron chi connectivity index (χ1n) is 8.75. The van der Waals surface area contributed by atoms with Gasteiger partial charge in [0.2, 0.25) is 5.91 Å². The number of ether oxygens (including phenoxy) is 1. The molecule has 136 valence electrons. The Hall–Kier alpha value is -2.18. The van der Waals surface area contributed by atoms with Crippen LogP contribution in [0.3, 0.4) is 0 Å². The lowest BCUT2D eigenvalue weighted by atomic mass is 10.2. The highest BCUT2D eigenvalue weighted by atomic mass is 32.1. The molecule has 3 aromatic rings. The number of nitrogens with zero attached hydrogens (tertiary/aromatic N) is 1. The Balaban J connectivity index is 1.50. The van der Waals surface area contributed by atoms with Gasteiger partial charge >= 0.3 is 0 Å². The molecular formula is C20H22N2O2S2. The Bertz CT molecular complexity index is 811.